The highest BCUT2D eigenvalue weighted by Gasteiger charge is 2.19. The Morgan fingerprint density at radius 2 is 1.85 bits per heavy atom. The van der Waals surface area contributed by atoms with Crippen molar-refractivity contribution in [2.75, 3.05) is 26.7 Å². The van der Waals surface area contributed by atoms with Crippen LogP contribution in [0, 0.1) is 0 Å². The van der Waals surface area contributed by atoms with Gasteiger partial charge in [0.05, 0.1) is 17.5 Å². The predicted molar refractivity (Wildman–Crippen MR) is 97.2 cm³/mol. The number of fused-ring (bicyclic) bond motifs is 1. The molecule has 2 aromatic rings. The Hall–Kier alpha value is -2.97. The van der Waals surface area contributed by atoms with Gasteiger partial charge >= 0.3 is 5.69 Å². The summed E-state index contributed by atoms with van der Waals surface area (Å²) in [5.41, 5.74) is -0.740. The van der Waals surface area contributed by atoms with Gasteiger partial charge in [0.2, 0.25) is 5.91 Å². The number of aromatic nitrogens is 3. The average Bonchev–Trinajstić information content (AvgIpc) is 2.62. The number of carbonyl (C=O) groups is 2. The maximum atomic E-state index is 12.6. The Balaban J connectivity index is 2.35. The topological polar surface area (TPSA) is 108 Å². The van der Waals surface area contributed by atoms with Crippen LogP contribution in [0.5, 0.6) is 0 Å². The van der Waals surface area contributed by atoms with E-state index in [0.717, 1.165) is 0 Å². The Labute approximate surface area is 150 Å². The monoisotopic (exact) mass is 361 g/mol. The third kappa shape index (κ3) is 3.66. The van der Waals surface area contributed by atoms with Crippen molar-refractivity contribution in [3.8, 4) is 0 Å². The zero-order chi connectivity index (χ0) is 19.4. The Morgan fingerprint density at radius 3 is 2.42 bits per heavy atom. The number of aromatic amines is 1. The summed E-state index contributed by atoms with van der Waals surface area (Å²) in [5, 5.41) is 0.153. The number of hydrogen-bond donors (Lipinski definition) is 1. The number of nitrogens with one attached hydrogen (secondary N) is 1. The number of likely N-dealkylation sites (N-methyl/N-ethyl adjacent to an activating group) is 2. The van der Waals surface area contributed by atoms with Crippen molar-refractivity contribution in [3.05, 3.63) is 38.7 Å². The molecule has 0 saturated carbocycles. The average molecular weight is 361 g/mol. The number of pyridine rings is 1. The van der Waals surface area contributed by atoms with Crippen LogP contribution in [-0.2, 0) is 11.3 Å². The molecule has 0 aliphatic rings. The third-order valence-electron chi connectivity index (χ3n) is 4.23. The van der Waals surface area contributed by atoms with Crippen molar-refractivity contribution in [3.63, 3.8) is 0 Å². The maximum Gasteiger partial charge on any atom is 0.329 e. The van der Waals surface area contributed by atoms with E-state index in [9.17, 15) is 19.2 Å². The summed E-state index contributed by atoms with van der Waals surface area (Å²) in [6.07, 6.45) is 1.31. The zero-order valence-corrected chi connectivity index (χ0v) is 15.4. The molecule has 0 aliphatic carbocycles. The van der Waals surface area contributed by atoms with Gasteiger partial charge in [-0.25, -0.2) is 9.78 Å². The minimum Gasteiger partial charge on any atom is -0.342 e. The van der Waals surface area contributed by atoms with E-state index >= 15 is 0 Å². The van der Waals surface area contributed by atoms with Crippen LogP contribution in [-0.4, -0.2) is 62.8 Å². The lowest BCUT2D eigenvalue weighted by atomic mass is 10.2. The molecule has 0 atom stereocenters. The number of rotatable bonds is 6. The summed E-state index contributed by atoms with van der Waals surface area (Å²) in [5.74, 6) is -0.578. The van der Waals surface area contributed by atoms with Crippen molar-refractivity contribution in [1.29, 1.82) is 0 Å². The largest absolute Gasteiger partial charge is 0.342 e. The SMILES string of the molecule is CCN(CC)C(=O)CN(C)C(=O)c1cnc2c(c1)c(=O)[nH]c(=O)n2CC. The smallest absolute Gasteiger partial charge is 0.329 e. The van der Waals surface area contributed by atoms with Crippen molar-refractivity contribution in [1.82, 2.24) is 24.3 Å². The van der Waals surface area contributed by atoms with Gasteiger partial charge in [-0.05, 0) is 26.8 Å². The van der Waals surface area contributed by atoms with E-state index in [1.54, 1.807) is 11.8 Å². The van der Waals surface area contributed by atoms with Gasteiger partial charge in [0.25, 0.3) is 11.5 Å². The fraction of sp³-hybridized carbons (Fsp3) is 0.471. The fourth-order valence-electron chi connectivity index (χ4n) is 2.75. The molecule has 26 heavy (non-hydrogen) atoms. The molecule has 0 unspecified atom stereocenters. The molecule has 0 radical (unpaired) electrons. The van der Waals surface area contributed by atoms with Gasteiger partial charge < -0.3 is 9.80 Å². The second-order valence-electron chi connectivity index (χ2n) is 5.83. The summed E-state index contributed by atoms with van der Waals surface area (Å²) < 4.78 is 1.32. The molecule has 0 saturated heterocycles. The van der Waals surface area contributed by atoms with E-state index in [1.807, 2.05) is 13.8 Å². The van der Waals surface area contributed by atoms with Crippen LogP contribution in [0.15, 0.2) is 21.9 Å². The molecule has 9 nitrogen and oxygen atoms in total. The molecule has 2 amide bonds. The summed E-state index contributed by atoms with van der Waals surface area (Å²) in [4.78, 5) is 57.9. The van der Waals surface area contributed by atoms with Crippen LogP contribution < -0.4 is 11.2 Å². The number of amides is 2. The molecular formula is C17H23N5O4. The van der Waals surface area contributed by atoms with Crippen LogP contribution in [0.1, 0.15) is 31.1 Å². The first-order chi connectivity index (χ1) is 12.3. The summed E-state index contributed by atoms with van der Waals surface area (Å²) in [7, 11) is 1.52. The van der Waals surface area contributed by atoms with E-state index in [0.29, 0.717) is 19.6 Å². The second-order valence-corrected chi connectivity index (χ2v) is 5.83. The predicted octanol–water partition coefficient (Wildman–Crippen LogP) is 0.0451. The molecule has 0 aliphatic heterocycles. The molecule has 9 heteroatoms. The Kier molecular flexibility index (Phi) is 5.91. The highest BCUT2D eigenvalue weighted by molar-refractivity contribution is 5.98. The molecule has 0 fully saturated rings. The number of H-pyrrole nitrogens is 1. The summed E-state index contributed by atoms with van der Waals surface area (Å²) >= 11 is 0. The maximum absolute atomic E-state index is 12.6. The number of carbonyl (C=O) groups excluding carboxylic acids is 2. The van der Waals surface area contributed by atoms with Gasteiger partial charge in [-0.15, -0.1) is 0 Å². The molecule has 0 spiro atoms. The standard InChI is InChI=1S/C17H23N5O4/c1-5-21(6-2)13(23)10-20(4)16(25)11-8-12-14(18-9-11)22(7-3)17(26)19-15(12)24/h8-9H,5-7,10H2,1-4H3,(H,19,24,26). The number of aryl methyl sites for hydroxylation is 1. The zero-order valence-electron chi connectivity index (χ0n) is 15.4. The number of hydrogen-bond acceptors (Lipinski definition) is 5. The van der Waals surface area contributed by atoms with Gasteiger partial charge in [-0.1, -0.05) is 0 Å². The minimum atomic E-state index is -0.598. The molecule has 2 rings (SSSR count). The van der Waals surface area contributed by atoms with Crippen molar-refractivity contribution >= 4 is 22.8 Å². The van der Waals surface area contributed by atoms with E-state index < -0.39 is 17.2 Å². The minimum absolute atomic E-state index is 0.0661. The quantitative estimate of drug-likeness (QED) is 0.782. The first-order valence-electron chi connectivity index (χ1n) is 8.50. The molecule has 2 heterocycles. The summed E-state index contributed by atoms with van der Waals surface area (Å²) in [6.45, 7) is 6.91. The first-order valence-corrected chi connectivity index (χ1v) is 8.50. The van der Waals surface area contributed by atoms with E-state index in [-0.39, 0.29) is 29.0 Å². The van der Waals surface area contributed by atoms with E-state index in [4.69, 9.17) is 0 Å². The number of nitrogens with zero attached hydrogens (tertiary/aromatic N) is 4. The molecular weight excluding hydrogens is 338 g/mol. The lowest BCUT2D eigenvalue weighted by Gasteiger charge is -2.23. The molecule has 1 N–H and O–H groups in total. The van der Waals surface area contributed by atoms with Crippen LogP contribution in [0.4, 0.5) is 0 Å². The summed E-state index contributed by atoms with van der Waals surface area (Å²) in [6, 6.07) is 1.40. The van der Waals surface area contributed by atoms with Gasteiger partial charge in [0, 0.05) is 32.9 Å². The van der Waals surface area contributed by atoms with Crippen LogP contribution in [0.2, 0.25) is 0 Å². The van der Waals surface area contributed by atoms with E-state index in [2.05, 4.69) is 9.97 Å². The van der Waals surface area contributed by atoms with Crippen molar-refractivity contribution in [2.24, 2.45) is 0 Å². The lowest BCUT2D eigenvalue weighted by molar-refractivity contribution is -0.131. The van der Waals surface area contributed by atoms with Crippen molar-refractivity contribution < 1.29 is 9.59 Å². The molecule has 0 bridgehead atoms. The first kappa shape index (κ1) is 19.4. The highest BCUT2D eigenvalue weighted by Crippen LogP contribution is 2.10. The van der Waals surface area contributed by atoms with Gasteiger partial charge in [0.1, 0.15) is 5.65 Å². The van der Waals surface area contributed by atoms with Gasteiger partial charge in [-0.2, -0.15) is 0 Å². The van der Waals surface area contributed by atoms with E-state index in [1.165, 1.54) is 28.8 Å². The molecule has 140 valence electrons. The van der Waals surface area contributed by atoms with Crippen molar-refractivity contribution in [2.45, 2.75) is 27.3 Å². The second kappa shape index (κ2) is 7.94. The molecule has 2 aromatic heterocycles. The Morgan fingerprint density at radius 1 is 1.19 bits per heavy atom. The lowest BCUT2D eigenvalue weighted by Crippen LogP contribution is -2.41. The fourth-order valence-corrected chi connectivity index (χ4v) is 2.75. The third-order valence-corrected chi connectivity index (χ3v) is 4.23. The Bertz CT molecular complexity index is 942. The normalized spacial score (nSPS) is 10.8. The van der Waals surface area contributed by atoms with Crippen LogP contribution >= 0.6 is 0 Å². The van der Waals surface area contributed by atoms with Crippen LogP contribution in [0.3, 0.4) is 0 Å². The van der Waals surface area contributed by atoms with Gasteiger partial charge in [0.15, 0.2) is 0 Å². The molecule has 0 aromatic carbocycles. The highest BCUT2D eigenvalue weighted by atomic mass is 16.2. The van der Waals surface area contributed by atoms with Gasteiger partial charge in [-0.3, -0.25) is 23.9 Å². The van der Waals surface area contributed by atoms with Crippen LogP contribution in [0.25, 0.3) is 11.0 Å².